The molecule has 0 bridgehead atoms. The molecule has 0 atom stereocenters. The first-order chi connectivity index (χ1) is 6.92. The SMILES string of the molecule is CNCCCc1ncnc2ccnn12. The fourth-order valence-corrected chi connectivity index (χ4v) is 1.40. The highest BCUT2D eigenvalue weighted by Crippen LogP contribution is 2.01. The van der Waals surface area contributed by atoms with Gasteiger partial charge < -0.3 is 5.32 Å². The number of fused-ring (bicyclic) bond motifs is 1. The molecule has 5 heteroatoms. The Morgan fingerprint density at radius 1 is 1.43 bits per heavy atom. The summed E-state index contributed by atoms with van der Waals surface area (Å²) in [5.74, 6) is 0.968. The van der Waals surface area contributed by atoms with Crippen molar-refractivity contribution in [2.45, 2.75) is 12.8 Å². The quantitative estimate of drug-likeness (QED) is 0.705. The van der Waals surface area contributed by atoms with Crippen LogP contribution in [0, 0.1) is 0 Å². The molecule has 0 aliphatic carbocycles. The van der Waals surface area contributed by atoms with E-state index in [1.54, 1.807) is 17.0 Å². The lowest BCUT2D eigenvalue weighted by molar-refractivity contribution is 0.676. The van der Waals surface area contributed by atoms with Crippen LogP contribution in [0.25, 0.3) is 5.65 Å². The first-order valence-corrected chi connectivity index (χ1v) is 4.70. The predicted octanol–water partition coefficient (Wildman–Crippen LogP) is 0.276. The van der Waals surface area contributed by atoms with Crippen LogP contribution in [0.3, 0.4) is 0 Å². The maximum atomic E-state index is 4.21. The normalized spacial score (nSPS) is 10.9. The van der Waals surface area contributed by atoms with Gasteiger partial charge in [-0.15, -0.1) is 0 Å². The molecule has 14 heavy (non-hydrogen) atoms. The van der Waals surface area contributed by atoms with Crippen LogP contribution in [0.4, 0.5) is 0 Å². The van der Waals surface area contributed by atoms with E-state index in [9.17, 15) is 0 Å². The lowest BCUT2D eigenvalue weighted by Crippen LogP contribution is -2.11. The van der Waals surface area contributed by atoms with Crippen molar-refractivity contribution in [3.8, 4) is 0 Å². The Bertz CT molecular complexity index is 408. The van der Waals surface area contributed by atoms with Crippen LogP contribution in [0.15, 0.2) is 18.6 Å². The summed E-state index contributed by atoms with van der Waals surface area (Å²) in [6, 6.07) is 1.88. The number of hydrogen-bond donors (Lipinski definition) is 1. The van der Waals surface area contributed by atoms with Gasteiger partial charge >= 0.3 is 0 Å². The van der Waals surface area contributed by atoms with E-state index in [0.717, 1.165) is 30.9 Å². The summed E-state index contributed by atoms with van der Waals surface area (Å²) in [7, 11) is 1.95. The smallest absolute Gasteiger partial charge is 0.158 e. The fraction of sp³-hybridized carbons (Fsp3) is 0.444. The zero-order valence-corrected chi connectivity index (χ0v) is 8.14. The second-order valence-electron chi connectivity index (χ2n) is 3.10. The molecule has 2 aromatic rings. The lowest BCUT2D eigenvalue weighted by Gasteiger charge is -2.02. The zero-order valence-electron chi connectivity index (χ0n) is 8.14. The van der Waals surface area contributed by atoms with Gasteiger partial charge in [0.2, 0.25) is 0 Å². The van der Waals surface area contributed by atoms with Crippen molar-refractivity contribution in [1.82, 2.24) is 24.9 Å². The van der Waals surface area contributed by atoms with Crippen LogP contribution < -0.4 is 5.32 Å². The van der Waals surface area contributed by atoms with Gasteiger partial charge in [-0.05, 0) is 20.0 Å². The molecule has 0 aromatic carbocycles. The summed E-state index contributed by atoms with van der Waals surface area (Å²) in [5.41, 5.74) is 0.861. The van der Waals surface area contributed by atoms with Gasteiger partial charge in [-0.1, -0.05) is 0 Å². The van der Waals surface area contributed by atoms with Crippen LogP contribution in [0.2, 0.25) is 0 Å². The summed E-state index contributed by atoms with van der Waals surface area (Å²) < 4.78 is 1.79. The summed E-state index contributed by atoms with van der Waals surface area (Å²) in [5, 5.41) is 7.28. The predicted molar refractivity (Wildman–Crippen MR) is 53.0 cm³/mol. The monoisotopic (exact) mass is 191 g/mol. The molecule has 0 aliphatic rings. The first kappa shape index (κ1) is 9.08. The Balaban J connectivity index is 2.19. The first-order valence-electron chi connectivity index (χ1n) is 4.70. The largest absolute Gasteiger partial charge is 0.320 e. The highest BCUT2D eigenvalue weighted by molar-refractivity contribution is 5.34. The molecule has 2 aromatic heterocycles. The molecule has 2 heterocycles. The summed E-state index contributed by atoms with van der Waals surface area (Å²) in [6.45, 7) is 0.993. The Kier molecular flexibility index (Phi) is 2.69. The van der Waals surface area contributed by atoms with E-state index >= 15 is 0 Å². The number of aromatic nitrogens is 4. The second-order valence-corrected chi connectivity index (χ2v) is 3.10. The van der Waals surface area contributed by atoms with Crippen molar-refractivity contribution < 1.29 is 0 Å². The average molecular weight is 191 g/mol. The highest BCUT2D eigenvalue weighted by Gasteiger charge is 2.02. The lowest BCUT2D eigenvalue weighted by atomic mass is 10.3. The van der Waals surface area contributed by atoms with Crippen LogP contribution in [-0.2, 0) is 6.42 Å². The van der Waals surface area contributed by atoms with Gasteiger partial charge in [-0.3, -0.25) is 0 Å². The molecule has 0 fully saturated rings. The minimum absolute atomic E-state index is 0.861. The maximum absolute atomic E-state index is 4.21. The van der Waals surface area contributed by atoms with E-state index in [-0.39, 0.29) is 0 Å². The van der Waals surface area contributed by atoms with Crippen LogP contribution in [0.5, 0.6) is 0 Å². The standard InChI is InChI=1S/C9H13N5/c1-10-5-2-3-8-11-7-12-9-4-6-13-14(8)9/h4,6-7,10H,2-3,5H2,1H3. The molecule has 1 N–H and O–H groups in total. The van der Waals surface area contributed by atoms with E-state index < -0.39 is 0 Å². The number of rotatable bonds is 4. The average Bonchev–Trinajstić information content (AvgIpc) is 2.67. The van der Waals surface area contributed by atoms with E-state index in [1.807, 2.05) is 13.1 Å². The van der Waals surface area contributed by atoms with E-state index in [2.05, 4.69) is 20.4 Å². The zero-order chi connectivity index (χ0) is 9.80. The third kappa shape index (κ3) is 1.72. The number of aryl methyl sites for hydroxylation is 1. The van der Waals surface area contributed by atoms with Gasteiger partial charge in [0.25, 0.3) is 0 Å². The van der Waals surface area contributed by atoms with Crippen molar-refractivity contribution in [1.29, 1.82) is 0 Å². The third-order valence-electron chi connectivity index (χ3n) is 2.09. The molecular formula is C9H13N5. The number of nitrogens with one attached hydrogen (secondary N) is 1. The molecule has 0 saturated carbocycles. The topological polar surface area (TPSA) is 55.1 Å². The van der Waals surface area contributed by atoms with Crippen molar-refractivity contribution in [2.75, 3.05) is 13.6 Å². The Morgan fingerprint density at radius 2 is 2.36 bits per heavy atom. The highest BCUT2D eigenvalue weighted by atomic mass is 15.3. The van der Waals surface area contributed by atoms with Gasteiger partial charge in [-0.25, -0.2) is 14.5 Å². The molecule has 0 aliphatic heterocycles. The summed E-state index contributed by atoms with van der Waals surface area (Å²) >= 11 is 0. The van der Waals surface area contributed by atoms with Crippen molar-refractivity contribution in [3.05, 3.63) is 24.4 Å². The second kappa shape index (κ2) is 4.15. The molecule has 0 unspecified atom stereocenters. The molecule has 0 amide bonds. The molecule has 2 rings (SSSR count). The Labute approximate surface area is 82.2 Å². The fourth-order valence-electron chi connectivity index (χ4n) is 1.40. The molecule has 0 spiro atoms. The number of nitrogens with zero attached hydrogens (tertiary/aromatic N) is 4. The Hall–Kier alpha value is -1.49. The summed E-state index contributed by atoms with van der Waals surface area (Å²) in [4.78, 5) is 8.32. The molecule has 0 saturated heterocycles. The number of hydrogen-bond acceptors (Lipinski definition) is 4. The van der Waals surface area contributed by atoms with Gasteiger partial charge in [0.1, 0.15) is 12.2 Å². The van der Waals surface area contributed by atoms with Gasteiger partial charge in [-0.2, -0.15) is 5.10 Å². The van der Waals surface area contributed by atoms with Gasteiger partial charge in [0.05, 0.1) is 6.20 Å². The minimum Gasteiger partial charge on any atom is -0.320 e. The van der Waals surface area contributed by atoms with Crippen LogP contribution in [-0.4, -0.2) is 33.2 Å². The molecule has 5 nitrogen and oxygen atoms in total. The molecule has 0 radical (unpaired) electrons. The van der Waals surface area contributed by atoms with Crippen molar-refractivity contribution in [2.24, 2.45) is 0 Å². The van der Waals surface area contributed by atoms with Crippen LogP contribution in [0.1, 0.15) is 12.2 Å². The van der Waals surface area contributed by atoms with Crippen molar-refractivity contribution in [3.63, 3.8) is 0 Å². The summed E-state index contributed by atoms with van der Waals surface area (Å²) in [6.07, 6.45) is 5.31. The van der Waals surface area contributed by atoms with E-state index in [4.69, 9.17) is 0 Å². The van der Waals surface area contributed by atoms with E-state index in [1.165, 1.54) is 0 Å². The van der Waals surface area contributed by atoms with Gasteiger partial charge in [0.15, 0.2) is 5.65 Å². The Morgan fingerprint density at radius 3 is 3.21 bits per heavy atom. The van der Waals surface area contributed by atoms with Crippen molar-refractivity contribution >= 4 is 5.65 Å². The van der Waals surface area contributed by atoms with E-state index in [0.29, 0.717) is 0 Å². The van der Waals surface area contributed by atoms with Gasteiger partial charge in [0, 0.05) is 12.5 Å². The minimum atomic E-state index is 0.861. The van der Waals surface area contributed by atoms with Crippen LogP contribution >= 0.6 is 0 Å². The molecular weight excluding hydrogens is 178 g/mol. The third-order valence-corrected chi connectivity index (χ3v) is 2.09. The molecule has 74 valence electrons. The maximum Gasteiger partial charge on any atom is 0.158 e.